The molecule has 18 heavy (non-hydrogen) atoms. The largest absolute Gasteiger partial charge is 0.497 e. The second-order valence-corrected chi connectivity index (χ2v) is 4.75. The van der Waals surface area contributed by atoms with Crippen LogP contribution in [0.3, 0.4) is 0 Å². The second kappa shape index (κ2) is 5.96. The van der Waals surface area contributed by atoms with Crippen LogP contribution in [-0.4, -0.2) is 44.7 Å². The SMILES string of the molecule is CCCN1CCN(c2cc(OC)ccc2N)CC1. The minimum atomic E-state index is 0.833. The Balaban J connectivity index is 2.04. The summed E-state index contributed by atoms with van der Waals surface area (Å²) in [7, 11) is 1.69. The maximum absolute atomic E-state index is 6.06. The van der Waals surface area contributed by atoms with Gasteiger partial charge in [-0.1, -0.05) is 6.92 Å². The summed E-state index contributed by atoms with van der Waals surface area (Å²) in [5.41, 5.74) is 7.99. The van der Waals surface area contributed by atoms with E-state index in [1.165, 1.54) is 13.0 Å². The third kappa shape index (κ3) is 2.88. The van der Waals surface area contributed by atoms with E-state index in [9.17, 15) is 0 Å². The Hall–Kier alpha value is -1.42. The molecule has 0 saturated carbocycles. The molecule has 1 aliphatic rings. The molecule has 1 aromatic rings. The molecule has 0 bridgehead atoms. The van der Waals surface area contributed by atoms with Crippen LogP contribution in [0.1, 0.15) is 13.3 Å². The number of piperazine rings is 1. The fourth-order valence-corrected chi connectivity index (χ4v) is 2.45. The highest BCUT2D eigenvalue weighted by atomic mass is 16.5. The number of hydrogen-bond acceptors (Lipinski definition) is 4. The van der Waals surface area contributed by atoms with Crippen molar-refractivity contribution in [2.45, 2.75) is 13.3 Å². The van der Waals surface area contributed by atoms with Crippen LogP contribution < -0.4 is 15.4 Å². The zero-order valence-corrected chi connectivity index (χ0v) is 11.4. The van der Waals surface area contributed by atoms with Gasteiger partial charge in [0.1, 0.15) is 5.75 Å². The van der Waals surface area contributed by atoms with Crippen LogP contribution >= 0.6 is 0 Å². The number of nitrogens with two attached hydrogens (primary N) is 1. The second-order valence-electron chi connectivity index (χ2n) is 4.75. The average Bonchev–Trinajstić information content (AvgIpc) is 2.41. The fraction of sp³-hybridized carbons (Fsp3) is 0.571. The van der Waals surface area contributed by atoms with E-state index in [-0.39, 0.29) is 0 Å². The van der Waals surface area contributed by atoms with E-state index < -0.39 is 0 Å². The van der Waals surface area contributed by atoms with Gasteiger partial charge < -0.3 is 15.4 Å². The number of anilines is 2. The van der Waals surface area contributed by atoms with Gasteiger partial charge in [-0.15, -0.1) is 0 Å². The predicted molar refractivity (Wildman–Crippen MR) is 76.4 cm³/mol. The van der Waals surface area contributed by atoms with Crippen molar-refractivity contribution in [1.29, 1.82) is 0 Å². The Kier molecular flexibility index (Phi) is 4.31. The Labute approximate surface area is 109 Å². The summed E-state index contributed by atoms with van der Waals surface area (Å²) >= 11 is 0. The number of ether oxygens (including phenoxy) is 1. The van der Waals surface area contributed by atoms with Gasteiger partial charge in [0.15, 0.2) is 0 Å². The minimum Gasteiger partial charge on any atom is -0.497 e. The van der Waals surface area contributed by atoms with Crippen LogP contribution in [0.4, 0.5) is 11.4 Å². The summed E-state index contributed by atoms with van der Waals surface area (Å²) in [6, 6.07) is 5.86. The molecule has 100 valence electrons. The number of methoxy groups -OCH3 is 1. The predicted octanol–water partition coefficient (Wildman–Crippen LogP) is 1.81. The lowest BCUT2D eigenvalue weighted by atomic mass is 10.2. The lowest BCUT2D eigenvalue weighted by Crippen LogP contribution is -2.46. The monoisotopic (exact) mass is 249 g/mol. The standard InChI is InChI=1S/C14H23N3O/c1-3-6-16-7-9-17(10-8-16)14-11-12(18-2)4-5-13(14)15/h4-5,11H,3,6-10,15H2,1-2H3. The van der Waals surface area contributed by atoms with Gasteiger partial charge in [-0.2, -0.15) is 0 Å². The van der Waals surface area contributed by atoms with Crippen LogP contribution in [0.25, 0.3) is 0 Å². The van der Waals surface area contributed by atoms with E-state index >= 15 is 0 Å². The highest BCUT2D eigenvalue weighted by Crippen LogP contribution is 2.28. The third-order valence-electron chi connectivity index (χ3n) is 3.49. The normalized spacial score (nSPS) is 16.9. The molecule has 0 atom stereocenters. The van der Waals surface area contributed by atoms with Gasteiger partial charge in [-0.3, -0.25) is 4.90 Å². The number of nitrogen functional groups attached to an aromatic ring is 1. The van der Waals surface area contributed by atoms with Gasteiger partial charge in [0, 0.05) is 32.2 Å². The van der Waals surface area contributed by atoms with Crippen LogP contribution in [-0.2, 0) is 0 Å². The summed E-state index contributed by atoms with van der Waals surface area (Å²) in [5.74, 6) is 0.871. The molecule has 0 unspecified atom stereocenters. The molecule has 1 fully saturated rings. The molecular weight excluding hydrogens is 226 g/mol. The van der Waals surface area contributed by atoms with Crippen LogP contribution in [0.5, 0.6) is 5.75 Å². The van der Waals surface area contributed by atoms with Crippen molar-refractivity contribution >= 4 is 11.4 Å². The van der Waals surface area contributed by atoms with Crippen molar-refractivity contribution in [3.8, 4) is 5.75 Å². The molecule has 0 aromatic heterocycles. The van der Waals surface area contributed by atoms with E-state index in [0.717, 1.165) is 43.3 Å². The van der Waals surface area contributed by atoms with Crippen LogP contribution in [0, 0.1) is 0 Å². The zero-order chi connectivity index (χ0) is 13.0. The molecule has 1 aromatic carbocycles. The third-order valence-corrected chi connectivity index (χ3v) is 3.49. The maximum atomic E-state index is 6.06. The Morgan fingerprint density at radius 3 is 2.56 bits per heavy atom. The van der Waals surface area contributed by atoms with Crippen LogP contribution in [0.2, 0.25) is 0 Å². The fourth-order valence-electron chi connectivity index (χ4n) is 2.45. The smallest absolute Gasteiger partial charge is 0.121 e. The summed E-state index contributed by atoms with van der Waals surface area (Å²) < 4.78 is 5.27. The molecule has 0 aliphatic carbocycles. The van der Waals surface area contributed by atoms with E-state index in [1.807, 2.05) is 18.2 Å². The molecular formula is C14H23N3O. The number of hydrogen-bond donors (Lipinski definition) is 1. The van der Waals surface area contributed by atoms with Crippen molar-refractivity contribution in [1.82, 2.24) is 4.90 Å². The Bertz CT molecular complexity index is 387. The molecule has 0 spiro atoms. The summed E-state index contributed by atoms with van der Waals surface area (Å²) in [6.45, 7) is 7.73. The lowest BCUT2D eigenvalue weighted by molar-refractivity contribution is 0.258. The molecule has 0 amide bonds. The van der Waals surface area contributed by atoms with Crippen molar-refractivity contribution < 1.29 is 4.74 Å². The highest BCUT2D eigenvalue weighted by molar-refractivity contribution is 5.69. The Morgan fingerprint density at radius 2 is 1.94 bits per heavy atom. The number of benzene rings is 1. The molecule has 0 radical (unpaired) electrons. The van der Waals surface area contributed by atoms with Gasteiger partial charge in [0.05, 0.1) is 18.5 Å². The van der Waals surface area contributed by atoms with E-state index in [4.69, 9.17) is 10.5 Å². The van der Waals surface area contributed by atoms with E-state index in [1.54, 1.807) is 7.11 Å². The highest BCUT2D eigenvalue weighted by Gasteiger charge is 2.18. The summed E-state index contributed by atoms with van der Waals surface area (Å²) in [6.07, 6.45) is 1.22. The zero-order valence-electron chi connectivity index (χ0n) is 11.4. The van der Waals surface area contributed by atoms with Crippen LogP contribution in [0.15, 0.2) is 18.2 Å². The average molecular weight is 249 g/mol. The molecule has 4 nitrogen and oxygen atoms in total. The van der Waals surface area contributed by atoms with Gasteiger partial charge in [0.25, 0.3) is 0 Å². The molecule has 2 rings (SSSR count). The van der Waals surface area contributed by atoms with E-state index in [2.05, 4.69) is 16.7 Å². The quantitative estimate of drug-likeness (QED) is 0.826. The first-order chi connectivity index (χ1) is 8.74. The molecule has 1 aliphatic heterocycles. The maximum Gasteiger partial charge on any atom is 0.121 e. The minimum absolute atomic E-state index is 0.833. The van der Waals surface area contributed by atoms with Crippen molar-refractivity contribution in [2.75, 3.05) is 50.5 Å². The first-order valence-corrected chi connectivity index (χ1v) is 6.65. The number of nitrogens with zero attached hydrogens (tertiary/aromatic N) is 2. The van der Waals surface area contributed by atoms with Gasteiger partial charge in [0.2, 0.25) is 0 Å². The molecule has 2 N–H and O–H groups in total. The summed E-state index contributed by atoms with van der Waals surface area (Å²) in [4.78, 5) is 4.86. The van der Waals surface area contributed by atoms with E-state index in [0.29, 0.717) is 0 Å². The molecule has 1 heterocycles. The lowest BCUT2D eigenvalue weighted by Gasteiger charge is -2.36. The molecule has 1 saturated heterocycles. The van der Waals surface area contributed by atoms with Gasteiger partial charge >= 0.3 is 0 Å². The topological polar surface area (TPSA) is 41.7 Å². The first-order valence-electron chi connectivity index (χ1n) is 6.65. The Morgan fingerprint density at radius 1 is 1.22 bits per heavy atom. The summed E-state index contributed by atoms with van der Waals surface area (Å²) in [5, 5.41) is 0. The van der Waals surface area contributed by atoms with Crippen molar-refractivity contribution in [3.63, 3.8) is 0 Å². The number of rotatable bonds is 4. The van der Waals surface area contributed by atoms with Gasteiger partial charge in [-0.05, 0) is 25.1 Å². The molecule has 4 heteroatoms. The van der Waals surface area contributed by atoms with Gasteiger partial charge in [-0.25, -0.2) is 0 Å². The van der Waals surface area contributed by atoms with Crippen molar-refractivity contribution in [3.05, 3.63) is 18.2 Å². The first kappa shape index (κ1) is 13.0. The van der Waals surface area contributed by atoms with Crippen molar-refractivity contribution in [2.24, 2.45) is 0 Å².